The van der Waals surface area contributed by atoms with E-state index in [-0.39, 0.29) is 18.1 Å². The van der Waals surface area contributed by atoms with Crippen molar-refractivity contribution in [2.24, 2.45) is 0 Å². The first kappa shape index (κ1) is 12.5. The zero-order valence-corrected chi connectivity index (χ0v) is 11.0. The fourth-order valence-corrected chi connectivity index (χ4v) is 2.20. The van der Waals surface area contributed by atoms with Gasteiger partial charge < -0.3 is 15.4 Å². The first-order valence-electron chi connectivity index (χ1n) is 5.35. The third kappa shape index (κ3) is 3.02. The molecule has 17 heavy (non-hydrogen) atoms. The van der Waals surface area contributed by atoms with Gasteiger partial charge in [0.05, 0.1) is 17.7 Å². The number of rotatable bonds is 3. The summed E-state index contributed by atoms with van der Waals surface area (Å²) < 4.78 is 6.07. The fraction of sp³-hybridized carbons (Fsp3) is 0.455. The molecule has 0 aromatic carbocycles. The summed E-state index contributed by atoms with van der Waals surface area (Å²) in [5.41, 5.74) is 0.543. The topological polar surface area (TPSA) is 63.2 Å². The van der Waals surface area contributed by atoms with Crippen LogP contribution in [0.25, 0.3) is 0 Å². The highest BCUT2D eigenvalue weighted by molar-refractivity contribution is 9.10. The Balaban J connectivity index is 2.01. The predicted molar refractivity (Wildman–Crippen MR) is 66.9 cm³/mol. The van der Waals surface area contributed by atoms with E-state index in [2.05, 4.69) is 31.5 Å². The average molecular weight is 300 g/mol. The van der Waals surface area contributed by atoms with Crippen LogP contribution in [0.5, 0.6) is 0 Å². The van der Waals surface area contributed by atoms with E-state index in [0.29, 0.717) is 5.56 Å². The summed E-state index contributed by atoms with van der Waals surface area (Å²) in [7, 11) is 1.65. The highest BCUT2D eigenvalue weighted by Gasteiger charge is 2.28. The van der Waals surface area contributed by atoms with Crippen molar-refractivity contribution in [2.75, 3.05) is 20.2 Å². The minimum absolute atomic E-state index is 0.00600. The highest BCUT2D eigenvalue weighted by atomic mass is 79.9. The molecule has 1 amide bonds. The number of carbonyl (C=O) groups is 1. The van der Waals surface area contributed by atoms with Crippen LogP contribution < -0.4 is 10.6 Å². The molecule has 92 valence electrons. The largest absolute Gasteiger partial charge is 0.378 e. The predicted octanol–water partition coefficient (Wildman–Crippen LogP) is 0.561. The van der Waals surface area contributed by atoms with Gasteiger partial charge in [-0.15, -0.1) is 0 Å². The van der Waals surface area contributed by atoms with Crippen LogP contribution in [0.3, 0.4) is 0 Å². The van der Waals surface area contributed by atoms with Crippen molar-refractivity contribution in [3.05, 3.63) is 28.5 Å². The Labute approximate surface area is 108 Å². The number of nitrogens with one attached hydrogen (secondary N) is 2. The molecule has 1 aromatic heterocycles. The molecule has 1 fully saturated rings. The van der Waals surface area contributed by atoms with Crippen LogP contribution in [0, 0.1) is 0 Å². The molecule has 2 rings (SSSR count). The summed E-state index contributed by atoms with van der Waals surface area (Å²) in [6.45, 7) is 1.49. The number of ether oxygens (including phenoxy) is 1. The molecular formula is C11H14BrN3O2. The van der Waals surface area contributed by atoms with E-state index in [0.717, 1.165) is 17.6 Å². The number of halogens is 1. The average Bonchev–Trinajstić information content (AvgIpc) is 2.76. The second-order valence-corrected chi connectivity index (χ2v) is 4.82. The number of aromatic nitrogens is 1. The molecule has 2 atom stereocenters. The third-order valence-electron chi connectivity index (χ3n) is 2.74. The van der Waals surface area contributed by atoms with Crippen LogP contribution >= 0.6 is 15.9 Å². The molecule has 0 bridgehead atoms. The van der Waals surface area contributed by atoms with Crippen LogP contribution in [0.1, 0.15) is 10.4 Å². The van der Waals surface area contributed by atoms with Gasteiger partial charge in [0, 0.05) is 37.1 Å². The van der Waals surface area contributed by atoms with Crippen molar-refractivity contribution in [1.29, 1.82) is 0 Å². The van der Waals surface area contributed by atoms with Gasteiger partial charge in [-0.2, -0.15) is 0 Å². The molecule has 1 aromatic rings. The quantitative estimate of drug-likeness (QED) is 0.856. The number of nitrogens with zero attached hydrogens (tertiary/aromatic N) is 1. The summed E-state index contributed by atoms with van der Waals surface area (Å²) in [6, 6.07) is 1.75. The molecule has 5 nitrogen and oxygen atoms in total. The van der Waals surface area contributed by atoms with Crippen LogP contribution in [-0.2, 0) is 4.74 Å². The van der Waals surface area contributed by atoms with Gasteiger partial charge in [0.15, 0.2) is 0 Å². The van der Waals surface area contributed by atoms with Gasteiger partial charge in [0.25, 0.3) is 5.91 Å². The van der Waals surface area contributed by atoms with Gasteiger partial charge in [0.2, 0.25) is 0 Å². The minimum Gasteiger partial charge on any atom is -0.378 e. The van der Waals surface area contributed by atoms with E-state index in [4.69, 9.17) is 4.74 Å². The van der Waals surface area contributed by atoms with Crippen LogP contribution in [0.4, 0.5) is 0 Å². The molecule has 2 heterocycles. The molecule has 0 radical (unpaired) electrons. The Kier molecular flexibility index (Phi) is 4.09. The van der Waals surface area contributed by atoms with Crippen LogP contribution in [0.2, 0.25) is 0 Å². The standard InChI is InChI=1S/C11H14BrN3O2/c1-17-10-6-14-5-9(10)15-11(16)7-2-8(12)4-13-3-7/h2-4,9-10,14H,5-6H2,1H3,(H,15,16)/t9?,10-/m0/s1. The van der Waals surface area contributed by atoms with E-state index in [1.807, 2.05) is 0 Å². The second kappa shape index (κ2) is 5.57. The van der Waals surface area contributed by atoms with Crippen molar-refractivity contribution < 1.29 is 9.53 Å². The molecule has 6 heteroatoms. The SMILES string of the molecule is CO[C@H]1CNCC1NC(=O)c1cncc(Br)c1. The number of methoxy groups -OCH3 is 1. The maximum Gasteiger partial charge on any atom is 0.253 e. The lowest BCUT2D eigenvalue weighted by Gasteiger charge is -2.18. The zero-order valence-electron chi connectivity index (χ0n) is 9.44. The van der Waals surface area contributed by atoms with Gasteiger partial charge in [0.1, 0.15) is 0 Å². The van der Waals surface area contributed by atoms with Crippen molar-refractivity contribution in [2.45, 2.75) is 12.1 Å². The molecule has 1 unspecified atom stereocenters. The lowest BCUT2D eigenvalue weighted by atomic mass is 10.2. The zero-order chi connectivity index (χ0) is 12.3. The number of carbonyl (C=O) groups excluding carboxylic acids is 1. The van der Waals surface area contributed by atoms with E-state index in [9.17, 15) is 4.79 Å². The summed E-state index contributed by atoms with van der Waals surface area (Å²) >= 11 is 3.29. The first-order valence-corrected chi connectivity index (χ1v) is 6.15. The van der Waals surface area contributed by atoms with E-state index >= 15 is 0 Å². The van der Waals surface area contributed by atoms with E-state index in [1.54, 1.807) is 25.6 Å². The van der Waals surface area contributed by atoms with Crippen molar-refractivity contribution in [1.82, 2.24) is 15.6 Å². The Bertz CT molecular complexity index is 413. The summed E-state index contributed by atoms with van der Waals surface area (Å²) in [5.74, 6) is -0.130. The number of hydrogen-bond donors (Lipinski definition) is 2. The molecule has 1 saturated heterocycles. The smallest absolute Gasteiger partial charge is 0.253 e. The number of pyridine rings is 1. The van der Waals surface area contributed by atoms with Gasteiger partial charge in [-0.05, 0) is 22.0 Å². The lowest BCUT2D eigenvalue weighted by Crippen LogP contribution is -2.43. The number of hydrogen-bond acceptors (Lipinski definition) is 4. The third-order valence-corrected chi connectivity index (χ3v) is 3.18. The highest BCUT2D eigenvalue weighted by Crippen LogP contribution is 2.10. The normalized spacial score (nSPS) is 23.6. The van der Waals surface area contributed by atoms with Gasteiger partial charge in [-0.25, -0.2) is 0 Å². The molecule has 2 N–H and O–H groups in total. The van der Waals surface area contributed by atoms with Crippen molar-refractivity contribution in [3.8, 4) is 0 Å². The maximum atomic E-state index is 12.0. The van der Waals surface area contributed by atoms with Crippen LogP contribution in [0.15, 0.2) is 22.9 Å². The molecule has 1 aliphatic heterocycles. The summed E-state index contributed by atoms with van der Waals surface area (Å²) in [6.07, 6.45) is 3.22. The first-order chi connectivity index (χ1) is 8.20. The Morgan fingerprint density at radius 2 is 2.41 bits per heavy atom. The Morgan fingerprint density at radius 3 is 3.12 bits per heavy atom. The molecule has 1 aliphatic rings. The monoisotopic (exact) mass is 299 g/mol. The van der Waals surface area contributed by atoms with Gasteiger partial charge in [-0.3, -0.25) is 9.78 Å². The van der Waals surface area contributed by atoms with E-state index in [1.165, 1.54) is 0 Å². The molecule has 0 spiro atoms. The summed E-state index contributed by atoms with van der Waals surface area (Å²) in [4.78, 5) is 15.9. The molecule has 0 aliphatic carbocycles. The maximum absolute atomic E-state index is 12.0. The van der Waals surface area contributed by atoms with Crippen molar-refractivity contribution >= 4 is 21.8 Å². The summed E-state index contributed by atoms with van der Waals surface area (Å²) in [5, 5.41) is 6.11. The molecule has 0 saturated carbocycles. The Morgan fingerprint density at radius 1 is 1.59 bits per heavy atom. The molecular weight excluding hydrogens is 286 g/mol. The van der Waals surface area contributed by atoms with Crippen LogP contribution in [-0.4, -0.2) is 43.2 Å². The number of amides is 1. The van der Waals surface area contributed by atoms with E-state index < -0.39 is 0 Å². The Hall–Kier alpha value is -0.980. The van der Waals surface area contributed by atoms with Gasteiger partial charge >= 0.3 is 0 Å². The minimum atomic E-state index is -0.130. The van der Waals surface area contributed by atoms with Crippen molar-refractivity contribution in [3.63, 3.8) is 0 Å². The second-order valence-electron chi connectivity index (χ2n) is 3.90. The van der Waals surface area contributed by atoms with Gasteiger partial charge in [-0.1, -0.05) is 0 Å². The fourth-order valence-electron chi connectivity index (χ4n) is 1.83. The lowest BCUT2D eigenvalue weighted by molar-refractivity contribution is 0.0779.